The number of ether oxygens (including phenoxy) is 1. The normalized spacial score (nSPS) is 20.4. The van der Waals surface area contributed by atoms with Crippen molar-refractivity contribution in [2.75, 3.05) is 26.0 Å². The van der Waals surface area contributed by atoms with E-state index in [0.29, 0.717) is 19.6 Å². The first kappa shape index (κ1) is 19.8. The van der Waals surface area contributed by atoms with E-state index in [-0.39, 0.29) is 5.97 Å². The molecule has 0 spiro atoms. The number of thioether (sulfide) groups is 1. The molecule has 1 aliphatic heterocycles. The molecule has 1 atom stereocenters. The molecule has 2 heterocycles. The number of esters is 1. The van der Waals surface area contributed by atoms with E-state index in [1.165, 1.54) is 17.3 Å². The number of carbonyl (C=O) groups excluding carboxylic acids is 1. The summed E-state index contributed by atoms with van der Waals surface area (Å²) in [6.45, 7) is 4.72. The van der Waals surface area contributed by atoms with E-state index in [0.717, 1.165) is 36.7 Å². The zero-order valence-corrected chi connectivity index (χ0v) is 16.9. The van der Waals surface area contributed by atoms with Crippen LogP contribution < -0.4 is 0 Å². The van der Waals surface area contributed by atoms with Crippen LogP contribution in [0.25, 0.3) is 0 Å². The molecule has 5 nitrogen and oxygen atoms in total. The molecule has 0 saturated carbocycles. The number of carbonyl (C=O) groups is 1. The maximum atomic E-state index is 12.9. The molecular weight excluding hydrogens is 358 g/mol. The molecule has 1 aromatic heterocycles. The van der Waals surface area contributed by atoms with Crippen LogP contribution in [0.1, 0.15) is 30.9 Å². The van der Waals surface area contributed by atoms with Gasteiger partial charge in [0.25, 0.3) is 0 Å². The summed E-state index contributed by atoms with van der Waals surface area (Å²) in [5, 5.41) is 0.780. The van der Waals surface area contributed by atoms with Gasteiger partial charge in [0.15, 0.2) is 5.16 Å². The monoisotopic (exact) mass is 385 g/mol. The lowest BCUT2D eigenvalue weighted by Gasteiger charge is -2.41. The van der Waals surface area contributed by atoms with Crippen LogP contribution in [0.3, 0.4) is 0 Å². The number of nitrogens with zero attached hydrogens (tertiary/aromatic N) is 3. The molecule has 27 heavy (non-hydrogen) atoms. The molecule has 3 rings (SSSR count). The number of piperidine rings is 1. The van der Waals surface area contributed by atoms with Crippen LogP contribution in [-0.2, 0) is 22.5 Å². The van der Waals surface area contributed by atoms with Gasteiger partial charge in [-0.05, 0) is 44.6 Å². The number of benzene rings is 1. The number of rotatable bonds is 7. The smallest absolute Gasteiger partial charge is 0.313 e. The first-order valence-corrected chi connectivity index (χ1v) is 10.7. The van der Waals surface area contributed by atoms with E-state index in [4.69, 9.17) is 4.74 Å². The molecule has 6 heteroatoms. The first-order chi connectivity index (χ1) is 13.1. The zero-order valence-electron chi connectivity index (χ0n) is 16.1. The summed E-state index contributed by atoms with van der Waals surface area (Å²) < 4.78 is 5.49. The largest absolute Gasteiger partial charge is 0.466 e. The quantitative estimate of drug-likeness (QED) is 0.412. The summed E-state index contributed by atoms with van der Waals surface area (Å²) in [6, 6.07) is 10.2. The Morgan fingerprint density at radius 2 is 1.96 bits per heavy atom. The average Bonchev–Trinajstić information content (AvgIpc) is 2.70. The summed E-state index contributed by atoms with van der Waals surface area (Å²) in [4.78, 5) is 24.0. The molecule has 1 saturated heterocycles. The van der Waals surface area contributed by atoms with Gasteiger partial charge in [-0.1, -0.05) is 42.1 Å². The molecule has 144 valence electrons. The highest BCUT2D eigenvalue weighted by Crippen LogP contribution is 2.36. The number of hydrogen-bond donors (Lipinski definition) is 0. The van der Waals surface area contributed by atoms with E-state index in [1.54, 1.807) is 0 Å². The van der Waals surface area contributed by atoms with Crippen molar-refractivity contribution >= 4 is 17.7 Å². The Morgan fingerprint density at radius 1 is 1.22 bits per heavy atom. The Morgan fingerprint density at radius 3 is 2.63 bits per heavy atom. The van der Waals surface area contributed by atoms with Crippen LogP contribution in [0.15, 0.2) is 47.9 Å². The SMILES string of the molecule is CCOC(=O)C1(Cc2ccccc2)CCCN(Cc2cnc(SC)nc2)C1. The maximum absolute atomic E-state index is 12.9. The van der Waals surface area contributed by atoms with Gasteiger partial charge in [-0.15, -0.1) is 0 Å². The Hall–Kier alpha value is -1.92. The van der Waals surface area contributed by atoms with E-state index in [2.05, 4.69) is 27.0 Å². The lowest BCUT2D eigenvalue weighted by atomic mass is 9.75. The van der Waals surface area contributed by atoms with Crippen LogP contribution in [0.4, 0.5) is 0 Å². The van der Waals surface area contributed by atoms with Crippen molar-refractivity contribution in [3.8, 4) is 0 Å². The molecule has 0 radical (unpaired) electrons. The standard InChI is InChI=1S/C21H27N3O2S/c1-3-26-19(25)21(12-17-8-5-4-6-9-17)10-7-11-24(16-21)15-18-13-22-20(27-2)23-14-18/h4-6,8-9,13-14H,3,7,10-12,15-16H2,1-2H3. The Kier molecular flexibility index (Phi) is 6.85. The van der Waals surface area contributed by atoms with Gasteiger partial charge in [0.2, 0.25) is 0 Å². The minimum atomic E-state index is -0.490. The summed E-state index contributed by atoms with van der Waals surface area (Å²) >= 11 is 1.54. The van der Waals surface area contributed by atoms with E-state index >= 15 is 0 Å². The summed E-state index contributed by atoms with van der Waals surface area (Å²) in [5.74, 6) is -0.0764. The van der Waals surface area contributed by atoms with Crippen molar-refractivity contribution in [1.29, 1.82) is 0 Å². The third-order valence-electron chi connectivity index (χ3n) is 5.02. The minimum absolute atomic E-state index is 0.0764. The van der Waals surface area contributed by atoms with Crippen LogP contribution in [0.2, 0.25) is 0 Å². The fraction of sp³-hybridized carbons (Fsp3) is 0.476. The van der Waals surface area contributed by atoms with Gasteiger partial charge in [-0.2, -0.15) is 0 Å². The third kappa shape index (κ3) is 5.08. The average molecular weight is 386 g/mol. The lowest BCUT2D eigenvalue weighted by molar-refractivity contribution is -0.159. The Bertz CT molecular complexity index is 739. The molecular formula is C21H27N3O2S. The second-order valence-corrected chi connectivity index (χ2v) is 7.83. The summed E-state index contributed by atoms with van der Waals surface area (Å²) in [5.41, 5.74) is 1.77. The van der Waals surface area contributed by atoms with Crippen LogP contribution >= 0.6 is 11.8 Å². The Balaban J connectivity index is 1.77. The summed E-state index contributed by atoms with van der Waals surface area (Å²) in [7, 11) is 0. The van der Waals surface area contributed by atoms with Gasteiger partial charge in [0.1, 0.15) is 0 Å². The van der Waals surface area contributed by atoms with Crippen molar-refractivity contribution in [1.82, 2.24) is 14.9 Å². The fourth-order valence-electron chi connectivity index (χ4n) is 3.80. The van der Waals surface area contributed by atoms with E-state index in [1.807, 2.05) is 43.8 Å². The predicted molar refractivity (Wildman–Crippen MR) is 108 cm³/mol. The molecule has 1 fully saturated rings. The fourth-order valence-corrected chi connectivity index (χ4v) is 4.12. The van der Waals surface area contributed by atoms with Crippen molar-refractivity contribution in [2.45, 2.75) is 37.9 Å². The highest BCUT2D eigenvalue weighted by Gasteiger charge is 2.43. The van der Waals surface area contributed by atoms with Crippen LogP contribution in [0.5, 0.6) is 0 Å². The van der Waals surface area contributed by atoms with E-state index < -0.39 is 5.41 Å². The van der Waals surface area contributed by atoms with Crippen LogP contribution in [0, 0.1) is 5.41 Å². The minimum Gasteiger partial charge on any atom is -0.466 e. The second kappa shape index (κ2) is 9.33. The molecule has 2 aromatic rings. The Labute approximate surface area is 165 Å². The molecule has 0 amide bonds. The van der Waals surface area contributed by atoms with Gasteiger partial charge in [-0.25, -0.2) is 9.97 Å². The molecule has 0 bridgehead atoms. The highest BCUT2D eigenvalue weighted by atomic mass is 32.2. The highest BCUT2D eigenvalue weighted by molar-refractivity contribution is 7.98. The molecule has 1 aromatic carbocycles. The zero-order chi connectivity index (χ0) is 19.1. The van der Waals surface area contributed by atoms with Crippen molar-refractivity contribution in [2.24, 2.45) is 5.41 Å². The van der Waals surface area contributed by atoms with Gasteiger partial charge < -0.3 is 4.74 Å². The van der Waals surface area contributed by atoms with Gasteiger partial charge in [0, 0.05) is 31.0 Å². The number of hydrogen-bond acceptors (Lipinski definition) is 6. The van der Waals surface area contributed by atoms with Crippen molar-refractivity contribution < 1.29 is 9.53 Å². The van der Waals surface area contributed by atoms with Gasteiger partial charge >= 0.3 is 5.97 Å². The molecule has 1 unspecified atom stereocenters. The van der Waals surface area contributed by atoms with E-state index in [9.17, 15) is 4.79 Å². The van der Waals surface area contributed by atoms with Crippen molar-refractivity contribution in [3.05, 3.63) is 53.9 Å². The molecule has 0 N–H and O–H groups in total. The van der Waals surface area contributed by atoms with Gasteiger partial charge in [-0.3, -0.25) is 9.69 Å². The first-order valence-electron chi connectivity index (χ1n) is 9.43. The van der Waals surface area contributed by atoms with Crippen LogP contribution in [-0.4, -0.2) is 46.8 Å². The molecule has 1 aliphatic rings. The topological polar surface area (TPSA) is 55.3 Å². The number of likely N-dealkylation sites (tertiary alicyclic amines) is 1. The molecule has 0 aliphatic carbocycles. The van der Waals surface area contributed by atoms with Crippen molar-refractivity contribution in [3.63, 3.8) is 0 Å². The third-order valence-corrected chi connectivity index (χ3v) is 5.60. The second-order valence-electron chi connectivity index (χ2n) is 7.06. The number of aromatic nitrogens is 2. The summed E-state index contributed by atoms with van der Waals surface area (Å²) in [6.07, 6.45) is 8.30. The predicted octanol–water partition coefficient (Wildman–Crippen LogP) is 3.59. The maximum Gasteiger partial charge on any atom is 0.313 e. The van der Waals surface area contributed by atoms with Gasteiger partial charge in [0.05, 0.1) is 12.0 Å². The lowest BCUT2D eigenvalue weighted by Crippen LogP contribution is -2.49.